The molecule has 39 heavy (non-hydrogen) atoms. The highest BCUT2D eigenvalue weighted by molar-refractivity contribution is 9.11. The van der Waals surface area contributed by atoms with Crippen molar-refractivity contribution in [1.82, 2.24) is 19.7 Å². The molecule has 0 atom stereocenters. The van der Waals surface area contributed by atoms with E-state index in [1.807, 2.05) is 4.90 Å². The normalized spacial score (nSPS) is 19.9. The van der Waals surface area contributed by atoms with E-state index in [9.17, 15) is 13.6 Å². The van der Waals surface area contributed by atoms with E-state index < -0.39 is 0 Å². The van der Waals surface area contributed by atoms with Crippen LogP contribution >= 0.6 is 15.9 Å². The summed E-state index contributed by atoms with van der Waals surface area (Å²) in [6.07, 6.45) is 15.0. The van der Waals surface area contributed by atoms with E-state index >= 15 is 0 Å². The fourth-order valence-corrected chi connectivity index (χ4v) is 5.40. The van der Waals surface area contributed by atoms with Crippen molar-refractivity contribution in [2.75, 3.05) is 13.1 Å². The average Bonchev–Trinajstić information content (AvgIpc) is 3.35. The molecule has 202 valence electrons. The minimum absolute atomic E-state index is 0.0168. The highest BCUT2D eigenvalue weighted by atomic mass is 79.9. The Morgan fingerprint density at radius 1 is 0.949 bits per heavy atom. The van der Waals surface area contributed by atoms with E-state index in [-0.39, 0.29) is 24.1 Å². The van der Waals surface area contributed by atoms with Gasteiger partial charge in [-0.1, -0.05) is 39.7 Å². The van der Waals surface area contributed by atoms with Gasteiger partial charge >= 0.3 is 0 Å². The van der Waals surface area contributed by atoms with Crippen LogP contribution in [0.4, 0.5) is 8.78 Å². The monoisotopic (exact) mass is 592 g/mol. The van der Waals surface area contributed by atoms with Crippen molar-refractivity contribution in [3.63, 3.8) is 0 Å². The Labute approximate surface area is 236 Å². The van der Waals surface area contributed by atoms with Gasteiger partial charge in [0.15, 0.2) is 11.6 Å². The number of rotatable bonds is 7. The van der Waals surface area contributed by atoms with Gasteiger partial charge in [0.05, 0.1) is 0 Å². The molecule has 1 aromatic heterocycles. The SMILES string of the molecule is O=C(Cn1nc(-c2ccc(F)cc2)nc1-c1ccc(F)cc1)N1CCC(CC/C2=C/C=C(Br)\C=C/CC2)CC1. The molecular weight excluding hydrogens is 562 g/mol. The highest BCUT2D eigenvalue weighted by Gasteiger charge is 2.25. The molecule has 0 bridgehead atoms. The molecule has 8 heteroatoms. The van der Waals surface area contributed by atoms with E-state index in [0.717, 1.165) is 56.1 Å². The van der Waals surface area contributed by atoms with Crippen LogP contribution in [0.5, 0.6) is 0 Å². The molecule has 1 aliphatic heterocycles. The van der Waals surface area contributed by atoms with Gasteiger partial charge in [-0.15, -0.1) is 5.10 Å². The standard InChI is InChI=1S/C31H31BrF2N4O/c32-26-4-2-1-3-22(7-12-26)5-6-23-17-19-37(20-18-23)29(39)21-38-31(25-10-15-28(34)16-11-25)35-30(36-38)24-8-13-27(33)14-9-24/h2,4,7-16,23H,1,3,5-6,17-21H2/b4-2-,22-7+,26-12+. The van der Waals surface area contributed by atoms with Gasteiger partial charge < -0.3 is 4.90 Å². The molecule has 5 nitrogen and oxygen atoms in total. The van der Waals surface area contributed by atoms with Crippen molar-refractivity contribution in [2.24, 2.45) is 5.92 Å². The molecule has 2 aromatic carbocycles. The lowest BCUT2D eigenvalue weighted by atomic mass is 9.89. The van der Waals surface area contributed by atoms with Crippen molar-refractivity contribution in [1.29, 1.82) is 0 Å². The zero-order chi connectivity index (χ0) is 27.2. The number of nitrogens with zero attached hydrogens (tertiary/aromatic N) is 4. The Hall–Kier alpha value is -3.39. The quantitative estimate of drug-likeness (QED) is 0.286. The molecule has 0 spiro atoms. The van der Waals surface area contributed by atoms with Gasteiger partial charge in [0, 0.05) is 28.7 Å². The molecule has 5 rings (SSSR count). The molecule has 0 saturated carbocycles. The average molecular weight is 594 g/mol. The zero-order valence-electron chi connectivity index (χ0n) is 21.7. The van der Waals surface area contributed by atoms with Crippen LogP contribution in [0.2, 0.25) is 0 Å². The number of hydrogen-bond acceptors (Lipinski definition) is 3. The van der Waals surface area contributed by atoms with Crippen molar-refractivity contribution < 1.29 is 13.6 Å². The van der Waals surface area contributed by atoms with Crippen LogP contribution in [0.15, 0.2) is 82.9 Å². The van der Waals surface area contributed by atoms with Gasteiger partial charge in [-0.2, -0.15) is 0 Å². The lowest BCUT2D eigenvalue weighted by Gasteiger charge is -2.32. The van der Waals surface area contributed by atoms with Crippen LogP contribution in [0.1, 0.15) is 38.5 Å². The summed E-state index contributed by atoms with van der Waals surface area (Å²) in [6, 6.07) is 11.9. The summed E-state index contributed by atoms with van der Waals surface area (Å²) in [5.74, 6) is 0.752. The van der Waals surface area contributed by atoms with E-state index in [0.29, 0.717) is 28.7 Å². The Bertz CT molecular complexity index is 1380. The molecule has 1 amide bonds. The number of carbonyl (C=O) groups is 1. The maximum atomic E-state index is 13.6. The van der Waals surface area contributed by atoms with Crippen molar-refractivity contribution in [2.45, 2.75) is 45.1 Å². The van der Waals surface area contributed by atoms with E-state index in [4.69, 9.17) is 0 Å². The molecule has 1 fully saturated rings. The largest absolute Gasteiger partial charge is 0.341 e. The summed E-state index contributed by atoms with van der Waals surface area (Å²) in [5.41, 5.74) is 2.78. The van der Waals surface area contributed by atoms with E-state index in [1.165, 1.54) is 29.8 Å². The van der Waals surface area contributed by atoms with Crippen LogP contribution in [0.25, 0.3) is 22.8 Å². The third-order valence-corrected chi connectivity index (χ3v) is 7.92. The number of piperidine rings is 1. The minimum atomic E-state index is -0.352. The van der Waals surface area contributed by atoms with Crippen molar-refractivity contribution in [3.05, 3.63) is 94.5 Å². The molecule has 1 aliphatic carbocycles. The van der Waals surface area contributed by atoms with E-state index in [2.05, 4.69) is 50.3 Å². The molecular formula is C31H31BrF2N4O. The van der Waals surface area contributed by atoms with Crippen molar-refractivity contribution in [3.8, 4) is 22.8 Å². The first-order valence-corrected chi connectivity index (χ1v) is 14.2. The van der Waals surface area contributed by atoms with Crippen LogP contribution in [-0.4, -0.2) is 38.7 Å². The first-order valence-electron chi connectivity index (χ1n) is 13.4. The van der Waals surface area contributed by atoms with Gasteiger partial charge in [0.25, 0.3) is 0 Å². The Morgan fingerprint density at radius 3 is 2.31 bits per heavy atom. The Morgan fingerprint density at radius 2 is 1.62 bits per heavy atom. The second kappa shape index (κ2) is 12.6. The molecule has 0 unspecified atom stereocenters. The third kappa shape index (κ3) is 7.18. The predicted molar refractivity (Wildman–Crippen MR) is 153 cm³/mol. The molecule has 3 aromatic rings. The zero-order valence-corrected chi connectivity index (χ0v) is 23.3. The summed E-state index contributed by atoms with van der Waals surface area (Å²) in [7, 11) is 0. The number of likely N-dealkylation sites (tertiary alicyclic amines) is 1. The second-order valence-corrected chi connectivity index (χ2v) is 11.0. The first-order chi connectivity index (χ1) is 18.9. The summed E-state index contributed by atoms with van der Waals surface area (Å²) >= 11 is 3.56. The number of halogens is 3. The predicted octanol–water partition coefficient (Wildman–Crippen LogP) is 7.46. The Kier molecular flexibility index (Phi) is 8.81. The number of amides is 1. The number of allylic oxidation sites excluding steroid dienone is 6. The van der Waals surface area contributed by atoms with Gasteiger partial charge in [0.2, 0.25) is 5.91 Å². The minimum Gasteiger partial charge on any atom is -0.341 e. The fourth-order valence-electron chi connectivity index (χ4n) is 5.08. The summed E-state index contributed by atoms with van der Waals surface area (Å²) in [4.78, 5) is 19.8. The van der Waals surface area contributed by atoms with Crippen molar-refractivity contribution >= 4 is 21.8 Å². The Balaban J connectivity index is 1.23. The number of benzene rings is 2. The highest BCUT2D eigenvalue weighted by Crippen LogP contribution is 2.28. The van der Waals surface area contributed by atoms with Crippen LogP contribution < -0.4 is 0 Å². The maximum absolute atomic E-state index is 13.6. The number of carbonyl (C=O) groups excluding carboxylic acids is 1. The summed E-state index contributed by atoms with van der Waals surface area (Å²) in [6.45, 7) is 1.48. The van der Waals surface area contributed by atoms with Gasteiger partial charge in [-0.3, -0.25) is 4.79 Å². The lowest BCUT2D eigenvalue weighted by Crippen LogP contribution is -2.40. The molecule has 1 saturated heterocycles. The lowest BCUT2D eigenvalue weighted by molar-refractivity contribution is -0.133. The molecule has 0 radical (unpaired) electrons. The maximum Gasteiger partial charge on any atom is 0.244 e. The number of aromatic nitrogens is 3. The van der Waals surface area contributed by atoms with Gasteiger partial charge in [0.1, 0.15) is 18.2 Å². The molecule has 2 aliphatic rings. The van der Waals surface area contributed by atoms with Crippen LogP contribution in [0, 0.1) is 17.6 Å². The topological polar surface area (TPSA) is 51.0 Å². The van der Waals surface area contributed by atoms with Gasteiger partial charge in [-0.05, 0) is 99.0 Å². The summed E-state index contributed by atoms with van der Waals surface area (Å²) < 4.78 is 29.7. The second-order valence-electron chi connectivity index (χ2n) is 10.1. The third-order valence-electron chi connectivity index (χ3n) is 7.39. The van der Waals surface area contributed by atoms with Crippen LogP contribution in [0.3, 0.4) is 0 Å². The molecule has 2 heterocycles. The van der Waals surface area contributed by atoms with E-state index in [1.54, 1.807) is 28.9 Å². The van der Waals surface area contributed by atoms with Crippen LogP contribution in [-0.2, 0) is 11.3 Å². The smallest absolute Gasteiger partial charge is 0.244 e. The summed E-state index contributed by atoms with van der Waals surface area (Å²) in [5, 5.41) is 4.58. The fraction of sp³-hybridized carbons (Fsp3) is 0.323. The first kappa shape index (κ1) is 27.2. The molecule has 0 N–H and O–H groups in total. The number of hydrogen-bond donors (Lipinski definition) is 0. The van der Waals surface area contributed by atoms with Gasteiger partial charge in [-0.25, -0.2) is 18.4 Å².